The molecule has 1 saturated heterocycles. The van der Waals surface area contributed by atoms with Crippen LogP contribution in [0.3, 0.4) is 0 Å². The van der Waals surface area contributed by atoms with Gasteiger partial charge in [0.2, 0.25) is 5.91 Å². The molecule has 8 nitrogen and oxygen atoms in total. The molecule has 5 atom stereocenters. The number of benzene rings is 2. The normalized spacial score (nSPS) is 24.1. The van der Waals surface area contributed by atoms with E-state index in [4.69, 9.17) is 34.7 Å². The van der Waals surface area contributed by atoms with Crippen LogP contribution in [0.15, 0.2) is 48.7 Å². The lowest BCUT2D eigenvalue weighted by Crippen LogP contribution is -2.52. The van der Waals surface area contributed by atoms with E-state index >= 15 is 8.78 Å². The van der Waals surface area contributed by atoms with E-state index < -0.39 is 47.3 Å². The number of carbonyl (C=O) groups excluding carboxylic acids is 1. The number of hydrogen-bond acceptors (Lipinski definition) is 6. The summed E-state index contributed by atoms with van der Waals surface area (Å²) in [6.07, 6.45) is 0.615. The van der Waals surface area contributed by atoms with E-state index in [0.717, 1.165) is 0 Å². The van der Waals surface area contributed by atoms with Gasteiger partial charge in [-0.05, 0) is 35.6 Å². The fourth-order valence-corrected chi connectivity index (χ4v) is 5.77. The largest absolute Gasteiger partial charge is 0.372 e. The van der Waals surface area contributed by atoms with Crippen LogP contribution in [-0.4, -0.2) is 39.1 Å². The minimum absolute atomic E-state index is 0.119. The van der Waals surface area contributed by atoms with Gasteiger partial charge in [0.25, 0.3) is 0 Å². The third-order valence-electron chi connectivity index (χ3n) is 6.97. The molecule has 2 heterocycles. The molecule has 3 aromatic rings. The van der Waals surface area contributed by atoms with Crippen molar-refractivity contribution in [2.45, 2.75) is 63.5 Å². The number of carbonyl (C=O) groups is 1. The molecule has 1 aromatic heterocycles. The van der Waals surface area contributed by atoms with Gasteiger partial charge in [0.15, 0.2) is 0 Å². The highest BCUT2D eigenvalue weighted by molar-refractivity contribution is 6.31. The summed E-state index contributed by atoms with van der Waals surface area (Å²) in [7, 11) is 0. The molecule has 1 aliphatic heterocycles. The Bertz CT molecular complexity index is 1360. The van der Waals surface area contributed by atoms with E-state index in [1.54, 1.807) is 12.1 Å². The number of nitrogens with two attached hydrogens (primary N) is 2. The Morgan fingerprint density at radius 2 is 1.97 bits per heavy atom. The molecule has 7 N–H and O–H groups in total. The molecule has 0 spiro atoms. The van der Waals surface area contributed by atoms with Crippen molar-refractivity contribution in [3.05, 3.63) is 81.5 Å². The molecule has 0 aliphatic carbocycles. The van der Waals surface area contributed by atoms with Crippen LogP contribution in [0.25, 0.3) is 0 Å². The number of primary amides is 1. The van der Waals surface area contributed by atoms with E-state index in [9.17, 15) is 9.90 Å². The molecule has 2 aromatic carbocycles. The monoisotopic (exact) mass is 580 g/mol. The summed E-state index contributed by atoms with van der Waals surface area (Å²) < 4.78 is 32.5. The zero-order chi connectivity index (χ0) is 28.7. The SMILES string of the molecule is CC(C)(C)CC1NC(C(O)Nc2ccn(CC(N)=O)n2)C(c2cccc(Cl)c2F)C1(N)c1ccc(Cl)cc1F. The molecular weight excluding hydrogens is 549 g/mol. The quantitative estimate of drug-likeness (QED) is 0.255. The zero-order valence-corrected chi connectivity index (χ0v) is 23.3. The first kappa shape index (κ1) is 29.2. The average molecular weight is 581 g/mol. The van der Waals surface area contributed by atoms with Crippen LogP contribution >= 0.6 is 23.2 Å². The van der Waals surface area contributed by atoms with Gasteiger partial charge in [-0.1, -0.05) is 62.2 Å². The van der Waals surface area contributed by atoms with Crippen LogP contribution in [0.4, 0.5) is 14.6 Å². The summed E-state index contributed by atoms with van der Waals surface area (Å²) in [5, 5.41) is 22.0. The summed E-state index contributed by atoms with van der Waals surface area (Å²) in [6, 6.07) is 8.74. The van der Waals surface area contributed by atoms with Gasteiger partial charge in [-0.3, -0.25) is 9.48 Å². The summed E-state index contributed by atoms with van der Waals surface area (Å²) >= 11 is 12.2. The lowest BCUT2D eigenvalue weighted by Gasteiger charge is -2.40. The minimum Gasteiger partial charge on any atom is -0.372 e. The maximum atomic E-state index is 15.6. The molecule has 39 heavy (non-hydrogen) atoms. The second-order valence-electron chi connectivity index (χ2n) is 11.1. The average Bonchev–Trinajstić information content (AvgIpc) is 3.36. The molecule has 12 heteroatoms. The van der Waals surface area contributed by atoms with Gasteiger partial charge < -0.3 is 27.2 Å². The predicted molar refractivity (Wildman–Crippen MR) is 147 cm³/mol. The van der Waals surface area contributed by atoms with E-state index in [-0.39, 0.29) is 38.9 Å². The van der Waals surface area contributed by atoms with Gasteiger partial charge in [-0.2, -0.15) is 5.10 Å². The fourth-order valence-electron chi connectivity index (χ4n) is 5.43. The zero-order valence-electron chi connectivity index (χ0n) is 21.8. The number of anilines is 1. The number of aromatic nitrogens is 2. The fraction of sp³-hybridized carbons (Fsp3) is 0.407. The Hall–Kier alpha value is -2.76. The van der Waals surface area contributed by atoms with Crippen LogP contribution in [0, 0.1) is 17.0 Å². The third-order valence-corrected chi connectivity index (χ3v) is 7.50. The van der Waals surface area contributed by atoms with E-state index in [0.29, 0.717) is 6.42 Å². The number of nitrogens with one attached hydrogen (secondary N) is 2. The number of halogens is 4. The first-order chi connectivity index (χ1) is 18.2. The van der Waals surface area contributed by atoms with Crippen LogP contribution in [0.1, 0.15) is 44.2 Å². The van der Waals surface area contributed by atoms with Crippen LogP contribution in [-0.2, 0) is 16.9 Å². The Labute approximate surface area is 235 Å². The highest BCUT2D eigenvalue weighted by Gasteiger charge is 2.58. The van der Waals surface area contributed by atoms with Gasteiger partial charge in [0.05, 0.1) is 16.6 Å². The van der Waals surface area contributed by atoms with Crippen molar-refractivity contribution < 1.29 is 18.7 Å². The molecule has 5 unspecified atom stereocenters. The second-order valence-corrected chi connectivity index (χ2v) is 12.0. The first-order valence-electron chi connectivity index (χ1n) is 12.4. The van der Waals surface area contributed by atoms with Gasteiger partial charge in [-0.25, -0.2) is 8.78 Å². The van der Waals surface area contributed by atoms with E-state index in [1.165, 1.54) is 41.2 Å². The predicted octanol–water partition coefficient (Wildman–Crippen LogP) is 4.10. The van der Waals surface area contributed by atoms with Gasteiger partial charge in [0.1, 0.15) is 30.2 Å². The molecule has 4 rings (SSSR count). The third kappa shape index (κ3) is 6.05. The molecule has 0 bridgehead atoms. The molecule has 210 valence electrons. The Morgan fingerprint density at radius 3 is 2.62 bits per heavy atom. The molecule has 0 saturated carbocycles. The van der Waals surface area contributed by atoms with Gasteiger partial charge in [-0.15, -0.1) is 0 Å². The smallest absolute Gasteiger partial charge is 0.239 e. The molecule has 1 fully saturated rings. The number of aliphatic hydroxyl groups is 1. The Balaban J connectivity index is 1.85. The van der Waals surface area contributed by atoms with Crippen LogP contribution in [0.2, 0.25) is 10.0 Å². The minimum atomic E-state index is -1.54. The lowest BCUT2D eigenvalue weighted by molar-refractivity contribution is -0.118. The topological polar surface area (TPSA) is 131 Å². The van der Waals surface area contributed by atoms with Crippen molar-refractivity contribution in [1.29, 1.82) is 0 Å². The van der Waals surface area contributed by atoms with E-state index in [2.05, 4.69) is 15.7 Å². The highest BCUT2D eigenvalue weighted by atomic mass is 35.5. The molecule has 0 radical (unpaired) electrons. The van der Waals surface area contributed by atoms with Crippen molar-refractivity contribution in [3.8, 4) is 0 Å². The summed E-state index contributed by atoms with van der Waals surface area (Å²) in [5.74, 6) is -2.69. The standard InChI is InChI=1S/C27H32Cl2F2N6O2/c1-26(2,3)12-19-27(33,16-8-7-14(28)11-18(16)30)22(15-5-4-6-17(29)23(15)31)24(34-19)25(39)35-21-9-10-37(36-21)13-20(32)38/h4-11,19,22,24-25,34,39H,12-13,33H2,1-3H3,(H2,32,38)(H,35,36). The summed E-state index contributed by atoms with van der Waals surface area (Å²) in [6.45, 7) is 5.88. The second kappa shape index (κ2) is 11.0. The maximum absolute atomic E-state index is 15.6. The Kier molecular flexibility index (Phi) is 8.26. The van der Waals surface area contributed by atoms with Crippen molar-refractivity contribution in [1.82, 2.24) is 15.1 Å². The number of hydrogen-bond donors (Lipinski definition) is 5. The summed E-state index contributed by atoms with van der Waals surface area (Å²) in [5.41, 5.74) is 10.9. The molecule has 1 amide bonds. The number of aliphatic hydroxyl groups excluding tert-OH is 1. The number of rotatable bonds is 8. The van der Waals surface area contributed by atoms with Crippen molar-refractivity contribution in [3.63, 3.8) is 0 Å². The van der Waals surface area contributed by atoms with Crippen molar-refractivity contribution in [2.24, 2.45) is 16.9 Å². The van der Waals surface area contributed by atoms with Crippen LogP contribution in [0.5, 0.6) is 0 Å². The number of nitrogens with zero attached hydrogens (tertiary/aromatic N) is 2. The maximum Gasteiger partial charge on any atom is 0.239 e. The van der Waals surface area contributed by atoms with Crippen LogP contribution < -0.4 is 22.1 Å². The highest BCUT2D eigenvalue weighted by Crippen LogP contribution is 2.50. The van der Waals surface area contributed by atoms with Gasteiger partial charge in [0, 0.05) is 34.8 Å². The van der Waals surface area contributed by atoms with Crippen molar-refractivity contribution in [2.75, 3.05) is 5.32 Å². The van der Waals surface area contributed by atoms with Crippen molar-refractivity contribution >= 4 is 34.9 Å². The molecule has 1 aliphatic rings. The van der Waals surface area contributed by atoms with E-state index in [1.807, 2.05) is 20.8 Å². The molecular formula is C27H32Cl2F2N6O2. The lowest BCUT2D eigenvalue weighted by atomic mass is 9.68. The van der Waals surface area contributed by atoms with Gasteiger partial charge >= 0.3 is 0 Å². The number of amides is 1. The summed E-state index contributed by atoms with van der Waals surface area (Å²) in [4.78, 5) is 11.3. The first-order valence-corrected chi connectivity index (χ1v) is 13.2. The Morgan fingerprint density at radius 1 is 1.26 bits per heavy atom.